The summed E-state index contributed by atoms with van der Waals surface area (Å²) in [4.78, 5) is 12.2. The molecule has 1 saturated heterocycles. The number of sulfonamides is 1. The maximum Gasteiger partial charge on any atom is 0.338 e. The number of hydrogen-bond acceptors (Lipinski definition) is 5. The number of rotatable bonds is 7. The smallest absolute Gasteiger partial charge is 0.338 e. The van der Waals surface area contributed by atoms with Crippen LogP contribution in [0.1, 0.15) is 28.8 Å². The van der Waals surface area contributed by atoms with Gasteiger partial charge in [-0.1, -0.05) is 29.8 Å². The van der Waals surface area contributed by atoms with E-state index in [1.807, 2.05) is 0 Å². The predicted octanol–water partition coefficient (Wildman–Crippen LogP) is 3.15. The Morgan fingerprint density at radius 1 is 1.19 bits per heavy atom. The summed E-state index contributed by atoms with van der Waals surface area (Å²) in [6, 6.07) is 12.7. The zero-order valence-electron chi connectivity index (χ0n) is 14.6. The van der Waals surface area contributed by atoms with E-state index in [2.05, 4.69) is 4.72 Å². The molecule has 1 N–H and O–H groups in total. The predicted molar refractivity (Wildman–Crippen MR) is 101 cm³/mol. The van der Waals surface area contributed by atoms with Crippen LogP contribution in [0.3, 0.4) is 0 Å². The molecule has 8 heteroatoms. The summed E-state index contributed by atoms with van der Waals surface area (Å²) < 4.78 is 37.8. The molecule has 0 bridgehead atoms. The second-order valence-corrected chi connectivity index (χ2v) is 8.35. The van der Waals surface area contributed by atoms with Crippen molar-refractivity contribution in [1.29, 1.82) is 0 Å². The van der Waals surface area contributed by atoms with Crippen LogP contribution in [0.25, 0.3) is 0 Å². The summed E-state index contributed by atoms with van der Waals surface area (Å²) in [5.41, 5.74) is 0.963. The van der Waals surface area contributed by atoms with E-state index in [4.69, 9.17) is 21.1 Å². The van der Waals surface area contributed by atoms with Crippen molar-refractivity contribution in [3.8, 4) is 0 Å². The number of nitrogens with one attached hydrogen (secondary N) is 1. The Labute approximate surface area is 163 Å². The van der Waals surface area contributed by atoms with Crippen LogP contribution in [0, 0.1) is 0 Å². The zero-order chi connectivity index (χ0) is 19.3. The third-order valence-corrected chi connectivity index (χ3v) is 6.05. The number of carbonyl (C=O) groups excluding carboxylic acids is 1. The molecule has 0 saturated carbocycles. The summed E-state index contributed by atoms with van der Waals surface area (Å²) in [6.45, 7) is 0.947. The van der Waals surface area contributed by atoms with E-state index in [0.29, 0.717) is 17.2 Å². The van der Waals surface area contributed by atoms with Gasteiger partial charge in [0.05, 0.1) is 16.6 Å². The quantitative estimate of drug-likeness (QED) is 0.710. The van der Waals surface area contributed by atoms with Gasteiger partial charge in [-0.05, 0) is 43.2 Å². The van der Waals surface area contributed by atoms with Gasteiger partial charge in [-0.3, -0.25) is 0 Å². The molecular formula is C19H20ClNO5S. The SMILES string of the molecule is O=C(OCc1ccccc1Cl)c1ccc(S(=O)(=O)NCC2CCCO2)cc1. The van der Waals surface area contributed by atoms with E-state index >= 15 is 0 Å². The van der Waals surface area contributed by atoms with Crippen LogP contribution >= 0.6 is 11.6 Å². The van der Waals surface area contributed by atoms with E-state index in [1.165, 1.54) is 24.3 Å². The van der Waals surface area contributed by atoms with E-state index in [1.54, 1.807) is 24.3 Å². The number of halogens is 1. The third kappa shape index (κ3) is 5.29. The van der Waals surface area contributed by atoms with Gasteiger partial charge >= 0.3 is 5.97 Å². The first-order chi connectivity index (χ1) is 13.0. The molecule has 0 spiro atoms. The van der Waals surface area contributed by atoms with Gasteiger partial charge in [0.25, 0.3) is 0 Å². The summed E-state index contributed by atoms with van der Waals surface area (Å²) in [5.74, 6) is -0.550. The number of hydrogen-bond donors (Lipinski definition) is 1. The highest BCUT2D eigenvalue weighted by atomic mass is 35.5. The topological polar surface area (TPSA) is 81.7 Å². The lowest BCUT2D eigenvalue weighted by atomic mass is 10.2. The molecule has 3 rings (SSSR count). The van der Waals surface area contributed by atoms with Crippen LogP contribution < -0.4 is 4.72 Å². The molecule has 2 aromatic carbocycles. The van der Waals surface area contributed by atoms with E-state index in [0.717, 1.165) is 12.8 Å². The highest BCUT2D eigenvalue weighted by Gasteiger charge is 2.20. The molecule has 0 amide bonds. The Kier molecular flexibility index (Phi) is 6.49. The minimum atomic E-state index is -3.65. The van der Waals surface area contributed by atoms with Crippen LogP contribution in [0.2, 0.25) is 5.02 Å². The second kappa shape index (κ2) is 8.84. The maximum absolute atomic E-state index is 12.3. The molecule has 1 unspecified atom stereocenters. The fourth-order valence-corrected chi connectivity index (χ4v) is 3.96. The van der Waals surface area contributed by atoms with Crippen molar-refractivity contribution >= 4 is 27.6 Å². The van der Waals surface area contributed by atoms with Crippen molar-refractivity contribution in [2.24, 2.45) is 0 Å². The fraction of sp³-hybridized carbons (Fsp3) is 0.316. The average Bonchev–Trinajstić information content (AvgIpc) is 3.19. The first-order valence-electron chi connectivity index (χ1n) is 8.57. The summed E-state index contributed by atoms with van der Waals surface area (Å²) >= 11 is 6.03. The molecular weight excluding hydrogens is 390 g/mol. The Bertz CT molecular complexity index is 893. The minimum Gasteiger partial charge on any atom is -0.457 e. The molecule has 0 aliphatic carbocycles. The Balaban J connectivity index is 1.58. The Morgan fingerprint density at radius 3 is 2.59 bits per heavy atom. The lowest BCUT2D eigenvalue weighted by molar-refractivity contribution is 0.0472. The third-order valence-electron chi connectivity index (χ3n) is 4.24. The van der Waals surface area contributed by atoms with E-state index < -0.39 is 16.0 Å². The van der Waals surface area contributed by atoms with Crippen molar-refractivity contribution in [3.63, 3.8) is 0 Å². The van der Waals surface area contributed by atoms with Gasteiger partial charge in [-0.2, -0.15) is 0 Å². The largest absolute Gasteiger partial charge is 0.457 e. The Hall–Kier alpha value is -1.93. The average molecular weight is 410 g/mol. The van der Waals surface area contributed by atoms with E-state index in [-0.39, 0.29) is 29.7 Å². The normalized spacial score (nSPS) is 17.0. The summed E-state index contributed by atoms with van der Waals surface area (Å²) in [7, 11) is -3.65. The Morgan fingerprint density at radius 2 is 1.93 bits per heavy atom. The van der Waals surface area contributed by atoms with Crippen molar-refractivity contribution in [3.05, 3.63) is 64.7 Å². The number of carbonyl (C=O) groups is 1. The summed E-state index contributed by atoms with van der Waals surface area (Å²) in [6.07, 6.45) is 1.70. The highest BCUT2D eigenvalue weighted by Crippen LogP contribution is 2.18. The van der Waals surface area contributed by atoms with Crippen LogP contribution in [-0.2, 0) is 26.1 Å². The maximum atomic E-state index is 12.3. The highest BCUT2D eigenvalue weighted by molar-refractivity contribution is 7.89. The standard InChI is InChI=1S/C19H20ClNO5S/c20-18-6-2-1-4-15(18)13-26-19(22)14-7-9-17(10-8-14)27(23,24)21-12-16-5-3-11-25-16/h1-2,4,6-10,16,21H,3,5,11-13H2. The molecule has 1 atom stereocenters. The molecule has 27 heavy (non-hydrogen) atoms. The van der Waals surface area contributed by atoms with Crippen LogP contribution in [0.5, 0.6) is 0 Å². The molecule has 1 aliphatic rings. The van der Waals surface area contributed by atoms with Gasteiger partial charge in [-0.15, -0.1) is 0 Å². The van der Waals surface area contributed by atoms with E-state index in [9.17, 15) is 13.2 Å². The molecule has 144 valence electrons. The molecule has 6 nitrogen and oxygen atoms in total. The van der Waals surface area contributed by atoms with Crippen molar-refractivity contribution < 1.29 is 22.7 Å². The van der Waals surface area contributed by atoms with Crippen LogP contribution in [0.4, 0.5) is 0 Å². The monoisotopic (exact) mass is 409 g/mol. The fourth-order valence-electron chi connectivity index (χ4n) is 2.70. The number of esters is 1. The first-order valence-corrected chi connectivity index (χ1v) is 10.4. The van der Waals surface area contributed by atoms with Gasteiger partial charge in [0, 0.05) is 23.7 Å². The molecule has 2 aromatic rings. The van der Waals surface area contributed by atoms with Crippen LogP contribution in [0.15, 0.2) is 53.4 Å². The van der Waals surface area contributed by atoms with Gasteiger partial charge in [0.15, 0.2) is 0 Å². The van der Waals surface area contributed by atoms with Crippen molar-refractivity contribution in [1.82, 2.24) is 4.72 Å². The zero-order valence-corrected chi connectivity index (χ0v) is 16.1. The van der Waals surface area contributed by atoms with Crippen molar-refractivity contribution in [2.45, 2.75) is 30.4 Å². The summed E-state index contributed by atoms with van der Waals surface area (Å²) in [5, 5.41) is 0.518. The van der Waals surface area contributed by atoms with Crippen LogP contribution in [-0.4, -0.2) is 33.6 Å². The van der Waals surface area contributed by atoms with Gasteiger partial charge in [0.1, 0.15) is 6.61 Å². The molecule has 0 aromatic heterocycles. The first kappa shape index (κ1) is 19.8. The number of ether oxygens (including phenoxy) is 2. The molecule has 0 radical (unpaired) electrons. The number of benzene rings is 2. The lowest BCUT2D eigenvalue weighted by Crippen LogP contribution is -2.31. The second-order valence-electron chi connectivity index (χ2n) is 6.18. The van der Waals surface area contributed by atoms with Gasteiger partial charge in [0.2, 0.25) is 10.0 Å². The van der Waals surface area contributed by atoms with Gasteiger partial charge < -0.3 is 9.47 Å². The van der Waals surface area contributed by atoms with Crippen molar-refractivity contribution in [2.75, 3.05) is 13.2 Å². The molecule has 1 fully saturated rings. The van der Waals surface area contributed by atoms with Gasteiger partial charge in [-0.25, -0.2) is 17.9 Å². The lowest BCUT2D eigenvalue weighted by Gasteiger charge is -2.11. The molecule has 1 aliphatic heterocycles. The minimum absolute atomic E-state index is 0.0432. The molecule has 1 heterocycles.